The topological polar surface area (TPSA) is 80.6 Å². The van der Waals surface area contributed by atoms with Crippen molar-refractivity contribution in [3.8, 4) is 11.5 Å². The Kier molecular flexibility index (Phi) is 5.54. The van der Waals surface area contributed by atoms with Gasteiger partial charge in [0.1, 0.15) is 0 Å². The fourth-order valence-electron chi connectivity index (χ4n) is 4.23. The molecule has 0 spiro atoms. The highest BCUT2D eigenvalue weighted by Gasteiger charge is 2.20. The van der Waals surface area contributed by atoms with Crippen molar-refractivity contribution >= 4 is 22.3 Å². The summed E-state index contributed by atoms with van der Waals surface area (Å²) in [6, 6.07) is 15.5. The minimum atomic E-state index is -0.386. The Labute approximate surface area is 185 Å². The van der Waals surface area contributed by atoms with Crippen LogP contribution < -0.4 is 20.0 Å². The second kappa shape index (κ2) is 8.78. The van der Waals surface area contributed by atoms with Gasteiger partial charge < -0.3 is 18.9 Å². The standard InChI is InChI=1S/C25H25N3O4/c1-30-23-11-9-19(14-24(23)31-20-6-2-3-7-20)28(16-17-5-4-12-26-15-17)18-8-10-22-21(13-18)25(29)32-27-22/h4-5,8-15,20,27H,2-3,6-7,16H2,1H3. The lowest BCUT2D eigenvalue weighted by molar-refractivity contribution is 0.201. The fraction of sp³-hybridized carbons (Fsp3) is 0.280. The van der Waals surface area contributed by atoms with E-state index in [0.29, 0.717) is 23.2 Å². The Morgan fingerprint density at radius 1 is 1.09 bits per heavy atom. The average molecular weight is 431 g/mol. The maximum absolute atomic E-state index is 12.1. The molecule has 164 valence electrons. The van der Waals surface area contributed by atoms with E-state index in [1.54, 1.807) is 13.3 Å². The van der Waals surface area contributed by atoms with E-state index in [2.05, 4.69) is 15.0 Å². The highest BCUT2D eigenvalue weighted by Crippen LogP contribution is 2.38. The van der Waals surface area contributed by atoms with Gasteiger partial charge in [0, 0.05) is 36.4 Å². The molecule has 0 saturated heterocycles. The molecule has 2 heterocycles. The van der Waals surface area contributed by atoms with Crippen LogP contribution in [0.15, 0.2) is 70.2 Å². The number of aromatic nitrogens is 2. The Morgan fingerprint density at radius 3 is 2.69 bits per heavy atom. The quantitative estimate of drug-likeness (QED) is 0.434. The molecule has 0 aliphatic heterocycles. The molecule has 1 N–H and O–H groups in total. The molecular weight excluding hydrogens is 406 g/mol. The van der Waals surface area contributed by atoms with Gasteiger partial charge in [0.25, 0.3) is 0 Å². The fourth-order valence-corrected chi connectivity index (χ4v) is 4.23. The van der Waals surface area contributed by atoms with E-state index >= 15 is 0 Å². The normalized spacial score (nSPS) is 14.0. The predicted molar refractivity (Wildman–Crippen MR) is 123 cm³/mol. The SMILES string of the molecule is COc1ccc(N(Cc2cccnc2)c2ccc3[nH]oc(=O)c3c2)cc1OC1CCCC1. The predicted octanol–water partition coefficient (Wildman–Crippen LogP) is 5.18. The maximum Gasteiger partial charge on any atom is 0.365 e. The van der Waals surface area contributed by atoms with Crippen LogP contribution in [0.4, 0.5) is 11.4 Å². The van der Waals surface area contributed by atoms with Gasteiger partial charge in [-0.1, -0.05) is 6.07 Å². The Morgan fingerprint density at radius 2 is 1.91 bits per heavy atom. The van der Waals surface area contributed by atoms with Gasteiger partial charge in [-0.05, 0) is 67.6 Å². The van der Waals surface area contributed by atoms with Crippen LogP contribution in [0.2, 0.25) is 0 Å². The maximum atomic E-state index is 12.1. The molecule has 2 aromatic carbocycles. The van der Waals surface area contributed by atoms with Gasteiger partial charge >= 0.3 is 5.63 Å². The van der Waals surface area contributed by atoms with Crippen LogP contribution in [-0.4, -0.2) is 23.4 Å². The lowest BCUT2D eigenvalue weighted by atomic mass is 10.1. The Hall–Kier alpha value is -3.74. The number of benzene rings is 2. The minimum absolute atomic E-state index is 0.215. The molecule has 1 saturated carbocycles. The van der Waals surface area contributed by atoms with Crippen molar-refractivity contribution in [1.29, 1.82) is 0 Å². The third-order valence-electron chi connectivity index (χ3n) is 5.91. The van der Waals surface area contributed by atoms with Crippen molar-refractivity contribution in [3.63, 3.8) is 0 Å². The summed E-state index contributed by atoms with van der Waals surface area (Å²) >= 11 is 0. The van der Waals surface area contributed by atoms with E-state index in [1.807, 2.05) is 54.7 Å². The van der Waals surface area contributed by atoms with E-state index in [1.165, 1.54) is 12.8 Å². The molecule has 0 atom stereocenters. The van der Waals surface area contributed by atoms with Gasteiger partial charge in [-0.2, -0.15) is 0 Å². The number of anilines is 2. The number of rotatable bonds is 7. The zero-order valence-electron chi connectivity index (χ0n) is 17.9. The zero-order valence-corrected chi connectivity index (χ0v) is 17.9. The summed E-state index contributed by atoms with van der Waals surface area (Å²) in [5, 5.41) is 3.16. The second-order valence-corrected chi connectivity index (χ2v) is 8.03. The summed E-state index contributed by atoms with van der Waals surface area (Å²) < 4.78 is 16.8. The molecule has 7 nitrogen and oxygen atoms in total. The van der Waals surface area contributed by atoms with Crippen molar-refractivity contribution in [1.82, 2.24) is 10.1 Å². The largest absolute Gasteiger partial charge is 0.493 e. The summed E-state index contributed by atoms with van der Waals surface area (Å²) in [4.78, 5) is 18.5. The zero-order chi connectivity index (χ0) is 21.9. The highest BCUT2D eigenvalue weighted by molar-refractivity contribution is 5.83. The Balaban J connectivity index is 1.57. The summed E-state index contributed by atoms with van der Waals surface area (Å²) in [6.45, 7) is 0.574. The van der Waals surface area contributed by atoms with Gasteiger partial charge in [0.05, 0.1) is 24.1 Å². The van der Waals surface area contributed by atoms with Crippen molar-refractivity contribution in [2.45, 2.75) is 38.3 Å². The van der Waals surface area contributed by atoms with Crippen molar-refractivity contribution in [3.05, 3.63) is 76.9 Å². The molecule has 7 heteroatoms. The molecule has 1 aliphatic carbocycles. The monoisotopic (exact) mass is 431 g/mol. The number of nitrogens with one attached hydrogen (secondary N) is 1. The van der Waals surface area contributed by atoms with Crippen LogP contribution in [0, 0.1) is 0 Å². The molecular formula is C25H25N3O4. The second-order valence-electron chi connectivity index (χ2n) is 8.03. The number of fused-ring (bicyclic) bond motifs is 1. The number of hydrogen-bond donors (Lipinski definition) is 1. The Bertz CT molecular complexity index is 1260. The van der Waals surface area contributed by atoms with Crippen molar-refractivity contribution in [2.24, 2.45) is 0 Å². The number of H-pyrrole nitrogens is 1. The van der Waals surface area contributed by atoms with E-state index in [4.69, 9.17) is 14.0 Å². The average Bonchev–Trinajstić information content (AvgIpc) is 3.48. The van der Waals surface area contributed by atoms with Gasteiger partial charge in [-0.3, -0.25) is 4.98 Å². The number of methoxy groups -OCH3 is 1. The van der Waals surface area contributed by atoms with E-state index in [0.717, 1.165) is 35.5 Å². The number of nitrogens with zero attached hydrogens (tertiary/aromatic N) is 2. The molecule has 5 rings (SSSR count). The molecule has 1 aliphatic rings. The van der Waals surface area contributed by atoms with Gasteiger partial charge in [0.2, 0.25) is 0 Å². The smallest absolute Gasteiger partial charge is 0.365 e. The molecule has 0 amide bonds. The summed E-state index contributed by atoms with van der Waals surface area (Å²) in [7, 11) is 1.66. The van der Waals surface area contributed by atoms with Crippen LogP contribution in [0.25, 0.3) is 10.9 Å². The third kappa shape index (κ3) is 4.06. The van der Waals surface area contributed by atoms with E-state index < -0.39 is 0 Å². The number of hydrogen-bond acceptors (Lipinski definition) is 6. The molecule has 4 aromatic rings. The first-order valence-corrected chi connectivity index (χ1v) is 10.8. The number of ether oxygens (including phenoxy) is 2. The van der Waals surface area contributed by atoms with Gasteiger partial charge in [-0.25, -0.2) is 9.95 Å². The van der Waals surface area contributed by atoms with Crippen LogP contribution in [0.1, 0.15) is 31.2 Å². The summed E-state index contributed by atoms with van der Waals surface area (Å²) in [6.07, 6.45) is 8.32. The van der Waals surface area contributed by atoms with Gasteiger partial charge in [0.15, 0.2) is 11.5 Å². The van der Waals surface area contributed by atoms with Crippen LogP contribution in [0.5, 0.6) is 11.5 Å². The molecule has 1 fully saturated rings. The molecule has 32 heavy (non-hydrogen) atoms. The van der Waals surface area contributed by atoms with Crippen LogP contribution in [-0.2, 0) is 6.54 Å². The van der Waals surface area contributed by atoms with Crippen molar-refractivity contribution in [2.75, 3.05) is 12.0 Å². The van der Waals surface area contributed by atoms with E-state index in [-0.39, 0.29) is 11.7 Å². The first-order chi connectivity index (χ1) is 15.7. The minimum Gasteiger partial charge on any atom is -0.493 e. The highest BCUT2D eigenvalue weighted by atomic mass is 16.5. The molecule has 2 aromatic heterocycles. The van der Waals surface area contributed by atoms with Crippen LogP contribution in [0.3, 0.4) is 0 Å². The molecule has 0 bridgehead atoms. The summed E-state index contributed by atoms with van der Waals surface area (Å²) in [5.41, 5.74) is 3.12. The first-order valence-electron chi connectivity index (χ1n) is 10.8. The van der Waals surface area contributed by atoms with Crippen molar-refractivity contribution < 1.29 is 14.0 Å². The number of aromatic amines is 1. The number of pyridine rings is 1. The van der Waals surface area contributed by atoms with Gasteiger partial charge in [-0.15, -0.1) is 0 Å². The van der Waals surface area contributed by atoms with Crippen LogP contribution >= 0.6 is 0 Å². The summed E-state index contributed by atoms with van der Waals surface area (Å²) in [5.74, 6) is 1.44. The lowest BCUT2D eigenvalue weighted by Gasteiger charge is -2.26. The first kappa shape index (κ1) is 20.2. The third-order valence-corrected chi connectivity index (χ3v) is 5.91. The molecule has 0 unspecified atom stereocenters. The van der Waals surface area contributed by atoms with E-state index in [9.17, 15) is 4.79 Å². The molecule has 0 radical (unpaired) electrons. The lowest BCUT2D eigenvalue weighted by Crippen LogP contribution is -2.17.